The Balaban J connectivity index is 2.14. The highest BCUT2D eigenvalue weighted by Crippen LogP contribution is 2.49. The molecule has 0 saturated heterocycles. The number of aromatic nitrogens is 1. The van der Waals surface area contributed by atoms with Crippen molar-refractivity contribution in [1.29, 1.82) is 0 Å². The predicted molar refractivity (Wildman–Crippen MR) is 48.3 cm³/mol. The van der Waals surface area contributed by atoms with E-state index in [2.05, 4.69) is 11.9 Å². The molecule has 13 heavy (non-hydrogen) atoms. The normalized spacial score (nSPS) is 26.4. The van der Waals surface area contributed by atoms with Gasteiger partial charge in [0.2, 0.25) is 0 Å². The van der Waals surface area contributed by atoms with Crippen LogP contribution in [0.5, 0.6) is 0 Å². The Hall–Kier alpha value is -0.830. The molecule has 3 nitrogen and oxygen atoms in total. The SMILES string of the molecule is CC[C@@H]1C[C@H]1c1nc(C)c(CO)o1. The molecule has 0 spiro atoms. The third-order valence-corrected chi connectivity index (χ3v) is 2.82. The van der Waals surface area contributed by atoms with Crippen LogP contribution in [-0.4, -0.2) is 10.1 Å². The first-order chi connectivity index (χ1) is 6.26. The van der Waals surface area contributed by atoms with Crippen LogP contribution in [0.2, 0.25) is 0 Å². The summed E-state index contributed by atoms with van der Waals surface area (Å²) >= 11 is 0. The molecule has 0 bridgehead atoms. The van der Waals surface area contributed by atoms with Crippen LogP contribution in [-0.2, 0) is 6.61 Å². The van der Waals surface area contributed by atoms with E-state index < -0.39 is 0 Å². The third kappa shape index (κ3) is 1.48. The molecular formula is C10H15NO2. The number of aryl methyl sites for hydroxylation is 1. The van der Waals surface area contributed by atoms with Crippen molar-refractivity contribution in [2.75, 3.05) is 0 Å². The minimum absolute atomic E-state index is 0.0393. The second kappa shape index (κ2) is 3.14. The van der Waals surface area contributed by atoms with E-state index in [0.29, 0.717) is 11.7 Å². The van der Waals surface area contributed by atoms with E-state index in [9.17, 15) is 0 Å². The van der Waals surface area contributed by atoms with Gasteiger partial charge in [0.25, 0.3) is 0 Å². The number of oxazole rings is 1. The van der Waals surface area contributed by atoms with Gasteiger partial charge in [0.1, 0.15) is 6.61 Å². The zero-order valence-electron chi connectivity index (χ0n) is 8.08. The topological polar surface area (TPSA) is 46.3 Å². The molecular weight excluding hydrogens is 166 g/mol. The summed E-state index contributed by atoms with van der Waals surface area (Å²) in [6.45, 7) is 4.03. The van der Waals surface area contributed by atoms with Gasteiger partial charge >= 0.3 is 0 Å². The third-order valence-electron chi connectivity index (χ3n) is 2.82. The predicted octanol–water partition coefficient (Wildman–Crippen LogP) is 1.99. The molecule has 72 valence electrons. The van der Waals surface area contributed by atoms with Crippen molar-refractivity contribution < 1.29 is 9.52 Å². The van der Waals surface area contributed by atoms with Crippen molar-refractivity contribution in [2.24, 2.45) is 5.92 Å². The maximum absolute atomic E-state index is 8.92. The van der Waals surface area contributed by atoms with E-state index >= 15 is 0 Å². The lowest BCUT2D eigenvalue weighted by Crippen LogP contribution is -1.82. The monoisotopic (exact) mass is 181 g/mol. The lowest BCUT2D eigenvalue weighted by atomic mass is 10.2. The largest absolute Gasteiger partial charge is 0.443 e. The van der Waals surface area contributed by atoms with Crippen LogP contribution in [0.15, 0.2) is 4.42 Å². The van der Waals surface area contributed by atoms with Crippen molar-refractivity contribution in [3.63, 3.8) is 0 Å². The molecule has 3 heteroatoms. The second-order valence-corrected chi connectivity index (χ2v) is 3.73. The Kier molecular flexibility index (Phi) is 2.12. The molecule has 0 aliphatic heterocycles. The molecule has 2 atom stereocenters. The molecule has 0 unspecified atom stereocenters. The van der Waals surface area contributed by atoms with Gasteiger partial charge in [-0.25, -0.2) is 4.98 Å². The van der Waals surface area contributed by atoms with Gasteiger partial charge in [-0.2, -0.15) is 0 Å². The standard InChI is InChI=1S/C10H15NO2/c1-3-7-4-8(7)10-11-6(2)9(5-12)13-10/h7-8,12H,3-5H2,1-2H3/t7-,8-/m1/s1. The van der Waals surface area contributed by atoms with Crippen LogP contribution in [0, 0.1) is 12.8 Å². The van der Waals surface area contributed by atoms with Gasteiger partial charge in [0.05, 0.1) is 5.69 Å². The quantitative estimate of drug-likeness (QED) is 0.775. The molecule has 0 radical (unpaired) electrons. The van der Waals surface area contributed by atoms with Crippen molar-refractivity contribution in [3.05, 3.63) is 17.3 Å². The fourth-order valence-corrected chi connectivity index (χ4v) is 1.76. The summed E-state index contributed by atoms with van der Waals surface area (Å²) in [7, 11) is 0. The first-order valence-corrected chi connectivity index (χ1v) is 4.83. The van der Waals surface area contributed by atoms with Gasteiger partial charge in [0.15, 0.2) is 11.7 Å². The van der Waals surface area contributed by atoms with Crippen LogP contribution < -0.4 is 0 Å². The molecule has 1 fully saturated rings. The summed E-state index contributed by atoms with van der Waals surface area (Å²) in [6.07, 6.45) is 2.39. The average Bonchev–Trinajstić information content (AvgIpc) is 2.83. The molecule has 1 saturated carbocycles. The van der Waals surface area contributed by atoms with E-state index in [1.165, 1.54) is 12.8 Å². The average molecular weight is 181 g/mol. The molecule has 0 amide bonds. The molecule has 1 heterocycles. The van der Waals surface area contributed by atoms with E-state index in [-0.39, 0.29) is 6.61 Å². The Bertz CT molecular complexity index is 306. The summed E-state index contributed by atoms with van der Waals surface area (Å²) in [6, 6.07) is 0. The van der Waals surface area contributed by atoms with Crippen molar-refractivity contribution in [3.8, 4) is 0 Å². The zero-order chi connectivity index (χ0) is 9.42. The van der Waals surface area contributed by atoms with Crippen molar-refractivity contribution in [1.82, 2.24) is 4.98 Å². The van der Waals surface area contributed by atoms with Crippen LogP contribution in [0.25, 0.3) is 0 Å². The molecule has 1 N–H and O–H groups in total. The van der Waals surface area contributed by atoms with Crippen LogP contribution >= 0.6 is 0 Å². The van der Waals surface area contributed by atoms with Gasteiger partial charge in [-0.1, -0.05) is 13.3 Å². The van der Waals surface area contributed by atoms with Gasteiger partial charge in [-0.15, -0.1) is 0 Å². The van der Waals surface area contributed by atoms with Crippen molar-refractivity contribution >= 4 is 0 Å². The first kappa shape index (κ1) is 8.75. The van der Waals surface area contributed by atoms with Crippen LogP contribution in [0.1, 0.15) is 43.0 Å². The Morgan fingerprint density at radius 1 is 1.62 bits per heavy atom. The Labute approximate surface area is 77.8 Å². The van der Waals surface area contributed by atoms with Crippen LogP contribution in [0.3, 0.4) is 0 Å². The van der Waals surface area contributed by atoms with Gasteiger partial charge in [-0.05, 0) is 19.3 Å². The molecule has 1 aliphatic rings. The number of hydrogen-bond donors (Lipinski definition) is 1. The maximum Gasteiger partial charge on any atom is 0.198 e. The zero-order valence-corrected chi connectivity index (χ0v) is 8.08. The molecule has 1 aromatic rings. The van der Waals surface area contributed by atoms with E-state index in [1.54, 1.807) is 0 Å². The number of hydrogen-bond acceptors (Lipinski definition) is 3. The maximum atomic E-state index is 8.92. The van der Waals surface area contributed by atoms with Gasteiger partial charge in [0, 0.05) is 5.92 Å². The van der Waals surface area contributed by atoms with E-state index in [4.69, 9.17) is 9.52 Å². The summed E-state index contributed by atoms with van der Waals surface area (Å²) < 4.78 is 5.46. The molecule has 0 aromatic carbocycles. The smallest absolute Gasteiger partial charge is 0.198 e. The van der Waals surface area contributed by atoms with E-state index in [0.717, 1.165) is 17.5 Å². The number of aliphatic hydroxyl groups excluding tert-OH is 1. The number of rotatable bonds is 3. The van der Waals surface area contributed by atoms with Gasteiger partial charge in [-0.3, -0.25) is 0 Å². The minimum Gasteiger partial charge on any atom is -0.443 e. The highest BCUT2D eigenvalue weighted by molar-refractivity contribution is 5.14. The number of nitrogens with zero attached hydrogens (tertiary/aromatic N) is 1. The lowest BCUT2D eigenvalue weighted by Gasteiger charge is -1.90. The molecule has 1 aromatic heterocycles. The Morgan fingerprint density at radius 3 is 2.85 bits per heavy atom. The summed E-state index contributed by atoms with van der Waals surface area (Å²) in [5, 5.41) is 8.92. The van der Waals surface area contributed by atoms with Crippen molar-refractivity contribution in [2.45, 2.75) is 39.2 Å². The summed E-state index contributed by atoms with van der Waals surface area (Å²) in [5.74, 6) is 2.72. The lowest BCUT2D eigenvalue weighted by molar-refractivity contribution is 0.242. The second-order valence-electron chi connectivity index (χ2n) is 3.73. The van der Waals surface area contributed by atoms with E-state index in [1.807, 2.05) is 6.92 Å². The first-order valence-electron chi connectivity index (χ1n) is 4.83. The summed E-state index contributed by atoms with van der Waals surface area (Å²) in [5.41, 5.74) is 0.833. The fraction of sp³-hybridized carbons (Fsp3) is 0.700. The number of aliphatic hydroxyl groups is 1. The highest BCUT2D eigenvalue weighted by Gasteiger charge is 2.40. The minimum atomic E-state index is -0.0393. The molecule has 1 aliphatic carbocycles. The van der Waals surface area contributed by atoms with Gasteiger partial charge < -0.3 is 9.52 Å². The molecule has 2 rings (SSSR count). The highest BCUT2D eigenvalue weighted by atomic mass is 16.4. The Morgan fingerprint density at radius 2 is 2.38 bits per heavy atom. The fourth-order valence-electron chi connectivity index (χ4n) is 1.76. The summed E-state index contributed by atoms with van der Waals surface area (Å²) in [4.78, 5) is 4.32. The van der Waals surface area contributed by atoms with Crippen LogP contribution in [0.4, 0.5) is 0 Å².